The third-order valence-electron chi connectivity index (χ3n) is 4.46. The Balaban J connectivity index is 2.07. The molecule has 2 rings (SSSR count). The molecule has 0 aromatic heterocycles. The summed E-state index contributed by atoms with van der Waals surface area (Å²) in [7, 11) is -3.57. The SMILES string of the molecule is CCNS(=O)(=O)c1ccc(C)c(C(=O)NC(C)CN2CCCCC2)c1. The highest BCUT2D eigenvalue weighted by atomic mass is 32.2. The van der Waals surface area contributed by atoms with Crippen LogP contribution in [-0.2, 0) is 10.0 Å². The summed E-state index contributed by atoms with van der Waals surface area (Å²) in [5, 5.41) is 3.00. The molecule has 1 aliphatic heterocycles. The number of piperidine rings is 1. The van der Waals surface area contributed by atoms with Crippen LogP contribution in [0.5, 0.6) is 0 Å². The van der Waals surface area contributed by atoms with Gasteiger partial charge in [0.1, 0.15) is 0 Å². The number of hydrogen-bond donors (Lipinski definition) is 2. The number of amides is 1. The van der Waals surface area contributed by atoms with Crippen molar-refractivity contribution in [2.45, 2.75) is 51.0 Å². The molecule has 2 N–H and O–H groups in total. The van der Waals surface area contributed by atoms with Crippen LogP contribution >= 0.6 is 0 Å². The van der Waals surface area contributed by atoms with Crippen molar-refractivity contribution in [1.29, 1.82) is 0 Å². The van der Waals surface area contributed by atoms with Gasteiger partial charge in [0.2, 0.25) is 10.0 Å². The molecule has 0 radical (unpaired) electrons. The number of benzene rings is 1. The van der Waals surface area contributed by atoms with Gasteiger partial charge in [-0.15, -0.1) is 0 Å². The van der Waals surface area contributed by atoms with Crippen LogP contribution in [0.3, 0.4) is 0 Å². The van der Waals surface area contributed by atoms with Gasteiger partial charge in [-0.3, -0.25) is 4.79 Å². The maximum Gasteiger partial charge on any atom is 0.251 e. The predicted molar refractivity (Wildman–Crippen MR) is 99.3 cm³/mol. The summed E-state index contributed by atoms with van der Waals surface area (Å²) in [5.41, 5.74) is 1.17. The van der Waals surface area contributed by atoms with E-state index in [1.165, 1.54) is 31.4 Å². The second-order valence-electron chi connectivity index (χ2n) is 6.71. The molecule has 0 spiro atoms. The van der Waals surface area contributed by atoms with Crippen molar-refractivity contribution < 1.29 is 13.2 Å². The fraction of sp³-hybridized carbons (Fsp3) is 0.611. The van der Waals surface area contributed by atoms with E-state index in [4.69, 9.17) is 0 Å². The molecule has 7 heteroatoms. The van der Waals surface area contributed by atoms with Crippen molar-refractivity contribution in [1.82, 2.24) is 14.9 Å². The lowest BCUT2D eigenvalue weighted by Gasteiger charge is -2.29. The van der Waals surface area contributed by atoms with Crippen LogP contribution in [0.4, 0.5) is 0 Å². The molecule has 0 bridgehead atoms. The minimum absolute atomic E-state index is 0.0130. The van der Waals surface area contributed by atoms with Gasteiger partial charge in [-0.2, -0.15) is 0 Å². The van der Waals surface area contributed by atoms with Crippen LogP contribution < -0.4 is 10.0 Å². The molecular weight excluding hydrogens is 338 g/mol. The Morgan fingerprint density at radius 1 is 1.24 bits per heavy atom. The Kier molecular flexibility index (Phi) is 6.98. The second kappa shape index (κ2) is 8.78. The van der Waals surface area contributed by atoms with E-state index in [0.717, 1.165) is 25.2 Å². The third kappa shape index (κ3) is 5.52. The van der Waals surface area contributed by atoms with E-state index in [-0.39, 0.29) is 16.8 Å². The van der Waals surface area contributed by atoms with Gasteiger partial charge in [0.25, 0.3) is 5.91 Å². The Morgan fingerprint density at radius 3 is 2.56 bits per heavy atom. The van der Waals surface area contributed by atoms with E-state index in [1.807, 2.05) is 13.8 Å². The Morgan fingerprint density at radius 2 is 1.92 bits per heavy atom. The zero-order chi connectivity index (χ0) is 18.4. The zero-order valence-corrected chi connectivity index (χ0v) is 16.2. The van der Waals surface area contributed by atoms with E-state index in [2.05, 4.69) is 14.9 Å². The molecule has 0 saturated carbocycles. The largest absolute Gasteiger partial charge is 0.348 e. The van der Waals surface area contributed by atoms with Gasteiger partial charge in [-0.25, -0.2) is 13.1 Å². The summed E-state index contributed by atoms with van der Waals surface area (Å²) in [6, 6.07) is 4.67. The molecule has 1 aliphatic rings. The number of carbonyl (C=O) groups is 1. The van der Waals surface area contributed by atoms with E-state index in [9.17, 15) is 13.2 Å². The first-order chi connectivity index (χ1) is 11.8. The maximum absolute atomic E-state index is 12.6. The number of sulfonamides is 1. The van der Waals surface area contributed by atoms with Crippen LogP contribution in [0.1, 0.15) is 49.0 Å². The van der Waals surface area contributed by atoms with E-state index in [1.54, 1.807) is 13.0 Å². The van der Waals surface area contributed by atoms with Gasteiger partial charge < -0.3 is 10.2 Å². The summed E-state index contributed by atoms with van der Waals surface area (Å²) in [6.07, 6.45) is 3.71. The number of carbonyl (C=O) groups excluding carboxylic acids is 1. The number of rotatable bonds is 7. The lowest BCUT2D eigenvalue weighted by atomic mass is 10.1. The van der Waals surface area contributed by atoms with Crippen LogP contribution in [0.15, 0.2) is 23.1 Å². The highest BCUT2D eigenvalue weighted by Crippen LogP contribution is 2.16. The minimum Gasteiger partial charge on any atom is -0.348 e. The number of nitrogens with zero attached hydrogens (tertiary/aromatic N) is 1. The smallest absolute Gasteiger partial charge is 0.251 e. The van der Waals surface area contributed by atoms with Crippen molar-refractivity contribution in [3.63, 3.8) is 0 Å². The molecule has 1 fully saturated rings. The monoisotopic (exact) mass is 367 g/mol. The van der Waals surface area contributed by atoms with Crippen LogP contribution in [0.25, 0.3) is 0 Å². The first-order valence-electron chi connectivity index (χ1n) is 8.97. The highest BCUT2D eigenvalue weighted by Gasteiger charge is 2.19. The quantitative estimate of drug-likeness (QED) is 0.771. The molecule has 25 heavy (non-hydrogen) atoms. The number of aryl methyl sites for hydroxylation is 1. The maximum atomic E-state index is 12.6. The Bertz CT molecular complexity index is 698. The molecule has 6 nitrogen and oxygen atoms in total. The Hall–Kier alpha value is -1.44. The first kappa shape index (κ1) is 19.9. The van der Waals surface area contributed by atoms with Gasteiger partial charge in [0.15, 0.2) is 0 Å². The molecular formula is C18H29N3O3S. The van der Waals surface area contributed by atoms with Gasteiger partial charge in [0.05, 0.1) is 4.90 Å². The van der Waals surface area contributed by atoms with Gasteiger partial charge >= 0.3 is 0 Å². The standard InChI is InChI=1S/C18H29N3O3S/c1-4-19-25(23,24)16-9-8-14(2)17(12-16)18(22)20-15(3)13-21-10-6-5-7-11-21/h8-9,12,15,19H,4-7,10-11,13H2,1-3H3,(H,20,22). The lowest BCUT2D eigenvalue weighted by molar-refractivity contribution is 0.0925. The summed E-state index contributed by atoms with van der Waals surface area (Å²) < 4.78 is 26.8. The number of likely N-dealkylation sites (tertiary alicyclic amines) is 1. The molecule has 1 aromatic carbocycles. The molecule has 0 aliphatic carbocycles. The van der Waals surface area contributed by atoms with Crippen LogP contribution in [0, 0.1) is 6.92 Å². The molecule has 140 valence electrons. The average Bonchev–Trinajstić information content (AvgIpc) is 2.55. The average molecular weight is 368 g/mol. The predicted octanol–water partition coefficient (Wildman–Crippen LogP) is 1.90. The first-order valence-corrected chi connectivity index (χ1v) is 10.5. The lowest BCUT2D eigenvalue weighted by Crippen LogP contribution is -2.43. The van der Waals surface area contributed by atoms with E-state index < -0.39 is 10.0 Å². The summed E-state index contributed by atoms with van der Waals surface area (Å²) in [4.78, 5) is 15.1. The highest BCUT2D eigenvalue weighted by molar-refractivity contribution is 7.89. The Labute approximate surface area is 151 Å². The van der Waals surface area contributed by atoms with Crippen molar-refractivity contribution in [2.24, 2.45) is 0 Å². The van der Waals surface area contributed by atoms with Gasteiger partial charge in [0, 0.05) is 24.7 Å². The van der Waals surface area contributed by atoms with Crippen LogP contribution in [0.2, 0.25) is 0 Å². The van der Waals surface area contributed by atoms with Gasteiger partial charge in [-0.1, -0.05) is 19.4 Å². The second-order valence-corrected chi connectivity index (χ2v) is 8.48. The summed E-state index contributed by atoms with van der Waals surface area (Å²) >= 11 is 0. The molecule has 1 unspecified atom stereocenters. The third-order valence-corrected chi connectivity index (χ3v) is 6.00. The number of hydrogen-bond acceptors (Lipinski definition) is 4. The molecule has 1 amide bonds. The fourth-order valence-electron chi connectivity index (χ4n) is 3.16. The summed E-state index contributed by atoms with van der Waals surface area (Å²) in [6.45, 7) is 8.81. The molecule has 1 atom stereocenters. The zero-order valence-electron chi connectivity index (χ0n) is 15.3. The van der Waals surface area contributed by atoms with Crippen molar-refractivity contribution >= 4 is 15.9 Å². The molecule has 1 saturated heterocycles. The van der Waals surface area contributed by atoms with Crippen molar-refractivity contribution in [3.05, 3.63) is 29.3 Å². The molecule has 1 aromatic rings. The molecule has 1 heterocycles. The topological polar surface area (TPSA) is 78.5 Å². The van der Waals surface area contributed by atoms with Crippen molar-refractivity contribution in [3.8, 4) is 0 Å². The van der Waals surface area contributed by atoms with E-state index >= 15 is 0 Å². The van der Waals surface area contributed by atoms with Crippen molar-refractivity contribution in [2.75, 3.05) is 26.2 Å². The van der Waals surface area contributed by atoms with Gasteiger partial charge in [-0.05, 0) is 57.5 Å². The minimum atomic E-state index is -3.57. The summed E-state index contributed by atoms with van der Waals surface area (Å²) in [5.74, 6) is -0.226. The fourth-order valence-corrected chi connectivity index (χ4v) is 4.23. The normalized spacial score (nSPS) is 17.2. The van der Waals surface area contributed by atoms with Crippen LogP contribution in [-0.4, -0.2) is 51.4 Å². The van der Waals surface area contributed by atoms with E-state index in [0.29, 0.717) is 12.1 Å². The number of nitrogens with one attached hydrogen (secondary N) is 2.